The summed E-state index contributed by atoms with van der Waals surface area (Å²) in [5, 5.41) is 6.43. The third kappa shape index (κ3) is 6.63. The fraction of sp³-hybridized carbons (Fsp3) is 0.941. The number of rotatable bonds is 7. The highest BCUT2D eigenvalue weighted by Crippen LogP contribution is 2.17. The molecule has 0 aromatic heterocycles. The molecule has 2 aliphatic rings. The van der Waals surface area contributed by atoms with Gasteiger partial charge in [0.2, 0.25) is 5.91 Å². The zero-order valence-electron chi connectivity index (χ0n) is 14.3. The minimum absolute atomic E-state index is 0.148. The number of nitrogens with one attached hydrogen (secondary N) is 2. The predicted molar refractivity (Wildman–Crippen MR) is 88.9 cm³/mol. The minimum Gasteiger partial charge on any atom is -0.374 e. The first-order valence-corrected chi connectivity index (χ1v) is 8.95. The Morgan fingerprint density at radius 2 is 2.14 bits per heavy atom. The number of morpholine rings is 1. The average Bonchev–Trinajstić information content (AvgIpc) is 2.52. The van der Waals surface area contributed by atoms with Crippen molar-refractivity contribution in [1.82, 2.24) is 15.5 Å². The Morgan fingerprint density at radius 1 is 1.36 bits per heavy atom. The molecule has 2 fully saturated rings. The minimum atomic E-state index is 0.148. The van der Waals surface area contributed by atoms with Crippen molar-refractivity contribution in [3.63, 3.8) is 0 Å². The fourth-order valence-electron chi connectivity index (χ4n) is 3.41. The zero-order valence-corrected chi connectivity index (χ0v) is 14.3. The molecule has 1 unspecified atom stereocenters. The summed E-state index contributed by atoms with van der Waals surface area (Å²) >= 11 is 0. The quantitative estimate of drug-likeness (QED) is 0.743. The number of amides is 1. The lowest BCUT2D eigenvalue weighted by Gasteiger charge is -2.34. The van der Waals surface area contributed by atoms with Crippen LogP contribution in [0.5, 0.6) is 0 Å². The molecule has 2 heterocycles. The topological polar surface area (TPSA) is 53.6 Å². The Balaban J connectivity index is 1.58. The van der Waals surface area contributed by atoms with Crippen molar-refractivity contribution in [2.45, 2.75) is 45.6 Å². The summed E-state index contributed by atoms with van der Waals surface area (Å²) in [5.74, 6) is 1.58. The van der Waals surface area contributed by atoms with Crippen LogP contribution in [-0.2, 0) is 9.53 Å². The molecule has 2 N–H and O–H groups in total. The van der Waals surface area contributed by atoms with E-state index >= 15 is 0 Å². The maximum Gasteiger partial charge on any atom is 0.220 e. The first kappa shape index (κ1) is 17.7. The molecule has 5 heteroatoms. The third-order valence-electron chi connectivity index (χ3n) is 4.61. The van der Waals surface area contributed by atoms with Gasteiger partial charge in [0.1, 0.15) is 0 Å². The predicted octanol–water partition coefficient (Wildman–Crippen LogP) is 1.24. The van der Waals surface area contributed by atoms with Gasteiger partial charge < -0.3 is 15.4 Å². The number of ether oxygens (including phenoxy) is 1. The van der Waals surface area contributed by atoms with Crippen LogP contribution in [-0.4, -0.2) is 62.8 Å². The number of carbonyl (C=O) groups is 1. The van der Waals surface area contributed by atoms with Gasteiger partial charge in [-0.3, -0.25) is 9.69 Å². The number of hydrogen-bond donors (Lipinski definition) is 2. The van der Waals surface area contributed by atoms with E-state index in [0.717, 1.165) is 51.7 Å². The van der Waals surface area contributed by atoms with E-state index < -0.39 is 0 Å². The molecule has 0 aliphatic carbocycles. The lowest BCUT2D eigenvalue weighted by Crippen LogP contribution is -2.48. The van der Waals surface area contributed by atoms with Crippen LogP contribution in [0.15, 0.2) is 0 Å². The molecule has 5 nitrogen and oxygen atoms in total. The molecular formula is C17H33N3O2. The Kier molecular flexibility index (Phi) is 7.63. The van der Waals surface area contributed by atoms with Gasteiger partial charge in [0.25, 0.3) is 0 Å². The maximum atomic E-state index is 12.0. The number of nitrogens with zero attached hydrogens (tertiary/aromatic N) is 1. The van der Waals surface area contributed by atoms with Crippen LogP contribution in [0.1, 0.15) is 39.5 Å². The second-order valence-electron chi connectivity index (χ2n) is 7.18. The van der Waals surface area contributed by atoms with Gasteiger partial charge in [-0.25, -0.2) is 0 Å². The summed E-state index contributed by atoms with van der Waals surface area (Å²) in [7, 11) is 0. The van der Waals surface area contributed by atoms with E-state index in [4.69, 9.17) is 4.74 Å². The van der Waals surface area contributed by atoms with Crippen LogP contribution in [0, 0.1) is 11.8 Å². The summed E-state index contributed by atoms with van der Waals surface area (Å²) in [6.07, 6.45) is 4.26. The van der Waals surface area contributed by atoms with Crippen LogP contribution in [0.2, 0.25) is 0 Å². The number of piperidine rings is 1. The molecule has 1 atom stereocenters. The van der Waals surface area contributed by atoms with Gasteiger partial charge in [0.15, 0.2) is 0 Å². The molecule has 0 bridgehead atoms. The second kappa shape index (κ2) is 9.48. The molecule has 2 rings (SSSR count). The third-order valence-corrected chi connectivity index (χ3v) is 4.61. The molecular weight excluding hydrogens is 278 g/mol. The molecule has 0 saturated carbocycles. The van der Waals surface area contributed by atoms with Gasteiger partial charge in [0, 0.05) is 32.6 Å². The second-order valence-corrected chi connectivity index (χ2v) is 7.18. The monoisotopic (exact) mass is 311 g/mol. The van der Waals surface area contributed by atoms with E-state index in [1.165, 1.54) is 12.8 Å². The van der Waals surface area contributed by atoms with Crippen LogP contribution in [0.3, 0.4) is 0 Å². The van der Waals surface area contributed by atoms with E-state index in [9.17, 15) is 4.79 Å². The molecule has 0 aromatic rings. The highest BCUT2D eigenvalue weighted by Gasteiger charge is 2.21. The molecule has 2 saturated heterocycles. The average molecular weight is 311 g/mol. The number of hydrogen-bond acceptors (Lipinski definition) is 4. The Morgan fingerprint density at radius 3 is 2.86 bits per heavy atom. The van der Waals surface area contributed by atoms with Gasteiger partial charge in [-0.1, -0.05) is 13.8 Å². The molecule has 0 aromatic carbocycles. The van der Waals surface area contributed by atoms with Crippen molar-refractivity contribution in [2.24, 2.45) is 11.8 Å². The summed E-state index contributed by atoms with van der Waals surface area (Å²) in [4.78, 5) is 14.4. The summed E-state index contributed by atoms with van der Waals surface area (Å²) in [5.41, 5.74) is 0. The van der Waals surface area contributed by atoms with Crippen molar-refractivity contribution >= 4 is 5.91 Å². The van der Waals surface area contributed by atoms with E-state index in [0.29, 0.717) is 18.9 Å². The highest BCUT2D eigenvalue weighted by molar-refractivity contribution is 5.75. The Bertz CT molecular complexity index is 330. The smallest absolute Gasteiger partial charge is 0.220 e. The van der Waals surface area contributed by atoms with Crippen molar-refractivity contribution in [3.8, 4) is 0 Å². The van der Waals surface area contributed by atoms with Gasteiger partial charge in [0.05, 0.1) is 12.7 Å². The normalized spacial score (nSPS) is 24.6. The van der Waals surface area contributed by atoms with Gasteiger partial charge in [-0.2, -0.15) is 0 Å². The molecule has 0 radical (unpaired) electrons. The summed E-state index contributed by atoms with van der Waals surface area (Å²) < 4.78 is 5.77. The van der Waals surface area contributed by atoms with Crippen LogP contribution < -0.4 is 10.6 Å². The SMILES string of the molecule is CC(C)CN1CCOC(CNC(=O)CCC2CCNCC2)C1. The first-order valence-electron chi connectivity index (χ1n) is 8.95. The molecule has 22 heavy (non-hydrogen) atoms. The van der Waals surface area contributed by atoms with Gasteiger partial charge in [-0.15, -0.1) is 0 Å². The van der Waals surface area contributed by atoms with Crippen molar-refractivity contribution < 1.29 is 9.53 Å². The highest BCUT2D eigenvalue weighted by atomic mass is 16.5. The van der Waals surface area contributed by atoms with E-state index in [1.54, 1.807) is 0 Å². The summed E-state index contributed by atoms with van der Waals surface area (Å²) in [6, 6.07) is 0. The van der Waals surface area contributed by atoms with Crippen molar-refractivity contribution in [2.75, 3.05) is 45.9 Å². The Hall–Kier alpha value is -0.650. The van der Waals surface area contributed by atoms with Crippen molar-refractivity contribution in [3.05, 3.63) is 0 Å². The first-order chi connectivity index (χ1) is 10.6. The summed E-state index contributed by atoms with van der Waals surface area (Å²) in [6.45, 7) is 11.2. The zero-order chi connectivity index (χ0) is 15.8. The lowest BCUT2D eigenvalue weighted by molar-refractivity contribution is -0.122. The largest absolute Gasteiger partial charge is 0.374 e. The van der Waals surface area contributed by atoms with Crippen LogP contribution in [0.4, 0.5) is 0 Å². The van der Waals surface area contributed by atoms with E-state index in [-0.39, 0.29) is 12.0 Å². The maximum absolute atomic E-state index is 12.0. The number of carbonyl (C=O) groups excluding carboxylic acids is 1. The molecule has 0 spiro atoms. The molecule has 128 valence electrons. The molecule has 2 aliphatic heterocycles. The van der Waals surface area contributed by atoms with Gasteiger partial charge in [-0.05, 0) is 44.2 Å². The lowest BCUT2D eigenvalue weighted by atomic mass is 9.93. The van der Waals surface area contributed by atoms with Crippen LogP contribution in [0.25, 0.3) is 0 Å². The van der Waals surface area contributed by atoms with Crippen molar-refractivity contribution in [1.29, 1.82) is 0 Å². The van der Waals surface area contributed by atoms with Gasteiger partial charge >= 0.3 is 0 Å². The van der Waals surface area contributed by atoms with E-state index in [2.05, 4.69) is 29.4 Å². The fourth-order valence-corrected chi connectivity index (χ4v) is 3.41. The van der Waals surface area contributed by atoms with E-state index in [1.807, 2.05) is 0 Å². The molecule has 1 amide bonds. The Labute approximate surface area is 135 Å². The van der Waals surface area contributed by atoms with Crippen LogP contribution >= 0.6 is 0 Å². The standard InChI is InChI=1S/C17H33N3O2/c1-14(2)12-20-9-10-22-16(13-20)11-19-17(21)4-3-15-5-7-18-8-6-15/h14-16,18H,3-13H2,1-2H3,(H,19,21).